The lowest BCUT2D eigenvalue weighted by atomic mass is 10.1. The minimum absolute atomic E-state index is 0.0267. The minimum atomic E-state index is -3.84. The van der Waals surface area contributed by atoms with Crippen LogP contribution in [0.15, 0.2) is 42.5 Å². The SMILES string of the molecule is CCC(C(=O)NC(C)(C)C)N(Cc1ccc(Cl)c(Cl)c1)C(=O)CN(c1cccc(Cl)c1)S(C)(=O)=O. The Bertz CT molecular complexity index is 1180. The monoisotopic (exact) mass is 561 g/mol. The molecule has 0 bridgehead atoms. The molecule has 35 heavy (non-hydrogen) atoms. The lowest BCUT2D eigenvalue weighted by Crippen LogP contribution is -2.55. The van der Waals surface area contributed by atoms with Gasteiger partial charge in [0.25, 0.3) is 0 Å². The summed E-state index contributed by atoms with van der Waals surface area (Å²) in [6.07, 6.45) is 1.32. The van der Waals surface area contributed by atoms with E-state index >= 15 is 0 Å². The summed E-state index contributed by atoms with van der Waals surface area (Å²) in [4.78, 5) is 28.1. The summed E-state index contributed by atoms with van der Waals surface area (Å²) in [5.41, 5.74) is 0.362. The Morgan fingerprint density at radius 2 is 1.69 bits per heavy atom. The fourth-order valence-electron chi connectivity index (χ4n) is 3.45. The molecule has 11 heteroatoms. The number of amides is 2. The van der Waals surface area contributed by atoms with Crippen LogP contribution >= 0.6 is 34.8 Å². The summed E-state index contributed by atoms with van der Waals surface area (Å²) >= 11 is 18.3. The number of anilines is 1. The third-order valence-electron chi connectivity index (χ3n) is 5.00. The molecule has 2 aromatic carbocycles. The third-order valence-corrected chi connectivity index (χ3v) is 7.11. The van der Waals surface area contributed by atoms with Gasteiger partial charge in [0.1, 0.15) is 12.6 Å². The molecule has 2 rings (SSSR count). The number of nitrogens with one attached hydrogen (secondary N) is 1. The minimum Gasteiger partial charge on any atom is -0.350 e. The number of hydrogen-bond acceptors (Lipinski definition) is 4. The quantitative estimate of drug-likeness (QED) is 0.459. The van der Waals surface area contributed by atoms with Gasteiger partial charge in [-0.2, -0.15) is 0 Å². The highest BCUT2D eigenvalue weighted by molar-refractivity contribution is 7.92. The predicted octanol–water partition coefficient (Wildman–Crippen LogP) is 5.13. The van der Waals surface area contributed by atoms with Crippen molar-refractivity contribution >= 4 is 62.3 Å². The van der Waals surface area contributed by atoms with Gasteiger partial charge in [-0.05, 0) is 63.1 Å². The van der Waals surface area contributed by atoms with Gasteiger partial charge in [-0.15, -0.1) is 0 Å². The maximum Gasteiger partial charge on any atom is 0.244 e. The van der Waals surface area contributed by atoms with Crippen LogP contribution in [0.3, 0.4) is 0 Å². The Labute approximate surface area is 222 Å². The molecule has 1 N–H and O–H groups in total. The van der Waals surface area contributed by atoms with E-state index in [-0.39, 0.29) is 18.1 Å². The first-order chi connectivity index (χ1) is 16.1. The molecule has 1 atom stereocenters. The first kappa shape index (κ1) is 29.2. The zero-order valence-electron chi connectivity index (χ0n) is 20.3. The smallest absolute Gasteiger partial charge is 0.244 e. The average Bonchev–Trinajstić information content (AvgIpc) is 2.72. The molecule has 1 unspecified atom stereocenters. The Morgan fingerprint density at radius 1 is 1.03 bits per heavy atom. The number of carbonyl (C=O) groups is 2. The zero-order chi connectivity index (χ0) is 26.6. The first-order valence-electron chi connectivity index (χ1n) is 10.9. The largest absolute Gasteiger partial charge is 0.350 e. The van der Waals surface area contributed by atoms with E-state index in [1.165, 1.54) is 11.0 Å². The molecular formula is C24H30Cl3N3O4S. The molecule has 0 aliphatic rings. The van der Waals surface area contributed by atoms with Crippen LogP contribution in [0.4, 0.5) is 5.69 Å². The van der Waals surface area contributed by atoms with Gasteiger partial charge in [-0.3, -0.25) is 13.9 Å². The van der Waals surface area contributed by atoms with Crippen molar-refractivity contribution in [2.45, 2.75) is 52.2 Å². The van der Waals surface area contributed by atoms with E-state index in [1.807, 2.05) is 20.8 Å². The zero-order valence-corrected chi connectivity index (χ0v) is 23.4. The van der Waals surface area contributed by atoms with Crippen molar-refractivity contribution in [2.75, 3.05) is 17.1 Å². The van der Waals surface area contributed by atoms with Gasteiger partial charge in [0.05, 0.1) is 22.0 Å². The van der Waals surface area contributed by atoms with Gasteiger partial charge in [0.2, 0.25) is 21.8 Å². The van der Waals surface area contributed by atoms with Gasteiger partial charge in [0, 0.05) is 17.1 Å². The van der Waals surface area contributed by atoms with Gasteiger partial charge < -0.3 is 10.2 Å². The van der Waals surface area contributed by atoms with Crippen molar-refractivity contribution in [2.24, 2.45) is 0 Å². The second kappa shape index (κ2) is 11.8. The Kier molecular flexibility index (Phi) is 9.87. The van der Waals surface area contributed by atoms with E-state index in [4.69, 9.17) is 34.8 Å². The lowest BCUT2D eigenvalue weighted by molar-refractivity contribution is -0.141. The van der Waals surface area contributed by atoms with Gasteiger partial charge in [0.15, 0.2) is 0 Å². The topological polar surface area (TPSA) is 86.8 Å². The summed E-state index contributed by atoms with van der Waals surface area (Å²) in [6, 6.07) is 10.3. The van der Waals surface area contributed by atoms with Crippen LogP contribution in [-0.4, -0.2) is 49.5 Å². The van der Waals surface area contributed by atoms with Gasteiger partial charge >= 0.3 is 0 Å². The number of halogens is 3. The summed E-state index contributed by atoms with van der Waals surface area (Å²) in [6.45, 7) is 6.82. The molecule has 0 fully saturated rings. The normalized spacial score (nSPS) is 12.7. The second-order valence-electron chi connectivity index (χ2n) is 9.18. The standard InChI is InChI=1S/C24H30Cl3N3O4S/c1-6-21(23(32)28-24(2,3)4)29(14-16-10-11-19(26)20(27)12-16)22(31)15-30(35(5,33)34)18-9-7-8-17(25)13-18/h7-13,21H,6,14-15H2,1-5H3,(H,28,32). The summed E-state index contributed by atoms with van der Waals surface area (Å²) in [5, 5.41) is 3.89. The van der Waals surface area contributed by atoms with Crippen molar-refractivity contribution in [1.29, 1.82) is 0 Å². The van der Waals surface area contributed by atoms with Crippen LogP contribution in [0, 0.1) is 0 Å². The van der Waals surface area contributed by atoms with Crippen LogP contribution in [0.5, 0.6) is 0 Å². The van der Waals surface area contributed by atoms with Crippen LogP contribution < -0.4 is 9.62 Å². The average molecular weight is 563 g/mol. The van der Waals surface area contributed by atoms with Crippen molar-refractivity contribution in [3.05, 3.63) is 63.1 Å². The van der Waals surface area contributed by atoms with E-state index in [2.05, 4.69) is 5.32 Å². The molecule has 0 aromatic heterocycles. The van der Waals surface area contributed by atoms with Crippen LogP contribution in [-0.2, 0) is 26.2 Å². The van der Waals surface area contributed by atoms with E-state index in [0.717, 1.165) is 10.6 Å². The number of carbonyl (C=O) groups excluding carboxylic acids is 2. The fraction of sp³-hybridized carbons (Fsp3) is 0.417. The van der Waals surface area contributed by atoms with E-state index in [1.54, 1.807) is 43.3 Å². The molecule has 0 saturated carbocycles. The first-order valence-corrected chi connectivity index (χ1v) is 13.9. The number of nitrogens with zero attached hydrogens (tertiary/aromatic N) is 2. The van der Waals surface area contributed by atoms with Crippen LogP contribution in [0.1, 0.15) is 39.7 Å². The van der Waals surface area contributed by atoms with Crippen LogP contribution in [0.25, 0.3) is 0 Å². The van der Waals surface area contributed by atoms with E-state index in [9.17, 15) is 18.0 Å². The highest BCUT2D eigenvalue weighted by atomic mass is 35.5. The number of hydrogen-bond donors (Lipinski definition) is 1. The summed E-state index contributed by atoms with van der Waals surface area (Å²) < 4.78 is 26.2. The maximum atomic E-state index is 13.6. The molecule has 192 valence electrons. The van der Waals surface area contributed by atoms with Crippen molar-refractivity contribution < 1.29 is 18.0 Å². The number of benzene rings is 2. The van der Waals surface area contributed by atoms with Crippen molar-refractivity contribution in [1.82, 2.24) is 10.2 Å². The highest BCUT2D eigenvalue weighted by Gasteiger charge is 2.33. The molecule has 0 saturated heterocycles. The molecule has 2 amide bonds. The van der Waals surface area contributed by atoms with E-state index < -0.39 is 34.1 Å². The van der Waals surface area contributed by atoms with Crippen LogP contribution in [0.2, 0.25) is 15.1 Å². The molecule has 0 aliphatic carbocycles. The number of sulfonamides is 1. The Morgan fingerprint density at radius 3 is 2.20 bits per heavy atom. The molecule has 0 heterocycles. The third kappa shape index (κ3) is 8.56. The molecular weight excluding hydrogens is 533 g/mol. The summed E-state index contributed by atoms with van der Waals surface area (Å²) in [7, 11) is -3.84. The number of rotatable bonds is 9. The molecule has 2 aromatic rings. The molecule has 0 spiro atoms. The molecule has 0 aliphatic heterocycles. The van der Waals surface area contributed by atoms with Gasteiger partial charge in [-0.1, -0.05) is 53.9 Å². The van der Waals surface area contributed by atoms with Gasteiger partial charge in [-0.25, -0.2) is 8.42 Å². The highest BCUT2D eigenvalue weighted by Crippen LogP contribution is 2.26. The van der Waals surface area contributed by atoms with E-state index in [0.29, 0.717) is 27.1 Å². The lowest BCUT2D eigenvalue weighted by Gasteiger charge is -2.34. The molecule has 7 nitrogen and oxygen atoms in total. The van der Waals surface area contributed by atoms with Crippen molar-refractivity contribution in [3.8, 4) is 0 Å². The fourth-order valence-corrected chi connectivity index (χ4v) is 4.80. The van der Waals surface area contributed by atoms with Crippen molar-refractivity contribution in [3.63, 3.8) is 0 Å². The predicted molar refractivity (Wildman–Crippen MR) is 143 cm³/mol. The maximum absolute atomic E-state index is 13.6. The second-order valence-corrected chi connectivity index (χ2v) is 12.3. The summed E-state index contributed by atoms with van der Waals surface area (Å²) in [5.74, 6) is -0.903. The Hall–Kier alpha value is -2.00. The molecule has 0 radical (unpaired) electrons. The Balaban J connectivity index is 2.48.